The minimum Gasteiger partial charge on any atom is -0.387 e. The van der Waals surface area contributed by atoms with Gasteiger partial charge >= 0.3 is 6.18 Å². The van der Waals surface area contributed by atoms with Gasteiger partial charge in [0.15, 0.2) is 0 Å². The van der Waals surface area contributed by atoms with Crippen LogP contribution in [0.1, 0.15) is 24.6 Å². The molecule has 0 saturated carbocycles. The van der Waals surface area contributed by atoms with E-state index >= 15 is 0 Å². The second-order valence-corrected chi connectivity index (χ2v) is 4.17. The Bertz CT molecular complexity index is 382. The molecule has 18 heavy (non-hydrogen) atoms. The maximum Gasteiger partial charge on any atom is 0.389 e. The van der Waals surface area contributed by atoms with Crippen molar-refractivity contribution in [3.8, 4) is 0 Å². The Labute approximate surface area is 107 Å². The smallest absolute Gasteiger partial charge is 0.387 e. The molecule has 4 nitrogen and oxygen atoms in total. The lowest BCUT2D eigenvalue weighted by atomic mass is 10.1. The molecule has 0 bridgehead atoms. The van der Waals surface area contributed by atoms with Gasteiger partial charge < -0.3 is 9.84 Å². The maximum atomic E-state index is 12.1. The number of alkyl halides is 3. The van der Waals surface area contributed by atoms with Crippen molar-refractivity contribution >= 4 is 11.6 Å². The third-order valence-electron chi connectivity index (χ3n) is 2.36. The first-order valence-electron chi connectivity index (χ1n) is 5.30. The van der Waals surface area contributed by atoms with E-state index in [1.165, 1.54) is 18.0 Å². The van der Waals surface area contributed by atoms with Crippen molar-refractivity contribution in [2.45, 2.75) is 31.7 Å². The van der Waals surface area contributed by atoms with Crippen LogP contribution in [0.3, 0.4) is 0 Å². The number of methoxy groups -OCH3 is 1. The van der Waals surface area contributed by atoms with Crippen LogP contribution in [0.5, 0.6) is 0 Å². The molecule has 104 valence electrons. The molecule has 1 rings (SSSR count). The predicted octanol–water partition coefficient (Wildman–Crippen LogP) is 2.56. The zero-order valence-electron chi connectivity index (χ0n) is 9.74. The molecular formula is C10H14ClF3N2O2. The van der Waals surface area contributed by atoms with E-state index in [2.05, 4.69) is 5.10 Å². The third kappa shape index (κ3) is 4.47. The molecule has 1 aromatic heterocycles. The number of aromatic nitrogens is 2. The average Bonchev–Trinajstić information content (AvgIpc) is 2.64. The fourth-order valence-electron chi connectivity index (χ4n) is 1.50. The molecule has 0 amide bonds. The molecule has 0 aromatic carbocycles. The van der Waals surface area contributed by atoms with Gasteiger partial charge in [0, 0.05) is 13.5 Å². The first kappa shape index (κ1) is 15.3. The predicted molar refractivity (Wildman–Crippen MR) is 59.4 cm³/mol. The lowest BCUT2D eigenvalue weighted by Crippen LogP contribution is -2.15. The standard InChI is InChI=1S/C10H14ClF3N2O2/c1-18-5-4-16-9(7(11)6-15-16)8(17)2-3-10(12,13)14/h6,8,17H,2-5H2,1H3. The summed E-state index contributed by atoms with van der Waals surface area (Å²) in [6.07, 6.45) is -5.81. The highest BCUT2D eigenvalue weighted by Crippen LogP contribution is 2.30. The van der Waals surface area contributed by atoms with Crippen LogP contribution in [0.4, 0.5) is 13.2 Å². The summed E-state index contributed by atoms with van der Waals surface area (Å²) in [5.41, 5.74) is 0.193. The van der Waals surface area contributed by atoms with E-state index in [0.717, 1.165) is 0 Å². The van der Waals surface area contributed by atoms with Crippen molar-refractivity contribution in [2.75, 3.05) is 13.7 Å². The van der Waals surface area contributed by atoms with Crippen molar-refractivity contribution in [3.05, 3.63) is 16.9 Å². The summed E-state index contributed by atoms with van der Waals surface area (Å²) in [6.45, 7) is 0.651. The van der Waals surface area contributed by atoms with Crippen molar-refractivity contribution in [2.24, 2.45) is 0 Å². The fraction of sp³-hybridized carbons (Fsp3) is 0.700. The zero-order chi connectivity index (χ0) is 13.8. The van der Waals surface area contributed by atoms with Crippen molar-refractivity contribution in [1.82, 2.24) is 9.78 Å². The Balaban J connectivity index is 2.71. The van der Waals surface area contributed by atoms with Gasteiger partial charge in [-0.05, 0) is 6.42 Å². The normalized spacial score (nSPS) is 13.9. The summed E-state index contributed by atoms with van der Waals surface area (Å²) in [6, 6.07) is 0. The van der Waals surface area contributed by atoms with Gasteiger partial charge in [-0.3, -0.25) is 4.68 Å². The molecule has 0 aliphatic rings. The van der Waals surface area contributed by atoms with Crippen molar-refractivity contribution in [1.29, 1.82) is 0 Å². The molecule has 0 aliphatic heterocycles. The highest BCUT2D eigenvalue weighted by molar-refractivity contribution is 6.31. The van der Waals surface area contributed by atoms with E-state index in [-0.39, 0.29) is 10.7 Å². The lowest BCUT2D eigenvalue weighted by molar-refractivity contribution is -0.140. The minimum atomic E-state index is -4.30. The van der Waals surface area contributed by atoms with Crippen LogP contribution in [0.25, 0.3) is 0 Å². The van der Waals surface area contributed by atoms with E-state index in [1.807, 2.05) is 0 Å². The summed E-state index contributed by atoms with van der Waals surface area (Å²) < 4.78 is 42.4. The summed E-state index contributed by atoms with van der Waals surface area (Å²) in [5, 5.41) is 13.8. The fourth-order valence-corrected chi connectivity index (χ4v) is 1.76. The Hall–Kier alpha value is -0.790. The van der Waals surface area contributed by atoms with Gasteiger partial charge in [-0.2, -0.15) is 18.3 Å². The Morgan fingerprint density at radius 2 is 2.22 bits per heavy atom. The lowest BCUT2D eigenvalue weighted by Gasteiger charge is -2.15. The molecule has 8 heteroatoms. The second kappa shape index (κ2) is 6.40. The Morgan fingerprint density at radius 1 is 1.56 bits per heavy atom. The van der Waals surface area contributed by atoms with Crippen LogP contribution in [0, 0.1) is 0 Å². The second-order valence-electron chi connectivity index (χ2n) is 3.76. The zero-order valence-corrected chi connectivity index (χ0v) is 10.5. The molecule has 1 N–H and O–H groups in total. The van der Waals surface area contributed by atoms with Gasteiger partial charge in [-0.25, -0.2) is 0 Å². The molecular weight excluding hydrogens is 273 g/mol. The Kier molecular flexibility index (Phi) is 5.43. The molecule has 1 heterocycles. The van der Waals surface area contributed by atoms with Gasteiger partial charge in [-0.1, -0.05) is 11.6 Å². The largest absolute Gasteiger partial charge is 0.389 e. The van der Waals surface area contributed by atoms with Crippen molar-refractivity contribution < 1.29 is 23.0 Å². The molecule has 0 radical (unpaired) electrons. The van der Waals surface area contributed by atoms with Gasteiger partial charge in [0.2, 0.25) is 0 Å². The minimum absolute atomic E-state index is 0.153. The van der Waals surface area contributed by atoms with Gasteiger partial charge in [-0.15, -0.1) is 0 Å². The molecule has 0 fully saturated rings. The third-order valence-corrected chi connectivity index (χ3v) is 2.65. The van der Waals surface area contributed by atoms with Crippen LogP contribution < -0.4 is 0 Å². The van der Waals surface area contributed by atoms with Gasteiger partial charge in [0.25, 0.3) is 0 Å². The topological polar surface area (TPSA) is 47.3 Å². The maximum absolute atomic E-state index is 12.1. The van der Waals surface area contributed by atoms with Crippen LogP contribution >= 0.6 is 11.6 Å². The van der Waals surface area contributed by atoms with E-state index in [4.69, 9.17) is 16.3 Å². The highest BCUT2D eigenvalue weighted by atomic mass is 35.5. The molecule has 0 spiro atoms. The average molecular weight is 287 g/mol. The van der Waals surface area contributed by atoms with E-state index in [0.29, 0.717) is 13.2 Å². The van der Waals surface area contributed by atoms with Crippen LogP contribution in [0.2, 0.25) is 5.02 Å². The van der Waals surface area contributed by atoms with Gasteiger partial charge in [0.1, 0.15) is 0 Å². The number of hydrogen-bond acceptors (Lipinski definition) is 3. The van der Waals surface area contributed by atoms with Crippen LogP contribution in [-0.4, -0.2) is 34.8 Å². The number of rotatable bonds is 6. The van der Waals surface area contributed by atoms with E-state index in [9.17, 15) is 18.3 Å². The number of halogens is 4. The van der Waals surface area contributed by atoms with Crippen LogP contribution in [-0.2, 0) is 11.3 Å². The SMILES string of the molecule is COCCn1ncc(Cl)c1C(O)CCC(F)(F)F. The number of aliphatic hydroxyl groups excluding tert-OH is 1. The first-order valence-corrected chi connectivity index (χ1v) is 5.68. The molecule has 0 aliphatic carbocycles. The number of ether oxygens (including phenoxy) is 1. The number of hydrogen-bond donors (Lipinski definition) is 1. The quantitative estimate of drug-likeness (QED) is 0.874. The summed E-state index contributed by atoms with van der Waals surface area (Å²) in [7, 11) is 1.49. The van der Waals surface area contributed by atoms with Crippen molar-refractivity contribution in [3.63, 3.8) is 0 Å². The Morgan fingerprint density at radius 3 is 2.78 bits per heavy atom. The summed E-state index contributed by atoms with van der Waals surface area (Å²) >= 11 is 5.80. The molecule has 1 aromatic rings. The number of nitrogens with zero attached hydrogens (tertiary/aromatic N) is 2. The summed E-state index contributed by atoms with van der Waals surface area (Å²) in [4.78, 5) is 0. The van der Waals surface area contributed by atoms with E-state index in [1.54, 1.807) is 0 Å². The van der Waals surface area contributed by atoms with Crippen LogP contribution in [0.15, 0.2) is 6.20 Å². The molecule has 1 atom stereocenters. The number of aliphatic hydroxyl groups is 1. The van der Waals surface area contributed by atoms with Gasteiger partial charge in [0.05, 0.1) is 36.2 Å². The molecule has 1 unspecified atom stereocenters. The first-order chi connectivity index (χ1) is 8.35. The van der Waals surface area contributed by atoms with E-state index < -0.39 is 25.1 Å². The highest BCUT2D eigenvalue weighted by Gasteiger charge is 2.29. The molecule has 0 saturated heterocycles. The summed E-state index contributed by atoms with van der Waals surface area (Å²) in [5.74, 6) is 0. The monoisotopic (exact) mass is 286 g/mol.